The minimum Gasteiger partial charge on any atom is -0.310 e. The number of aryl methyl sites for hydroxylation is 2. The van der Waals surface area contributed by atoms with E-state index < -0.39 is 0 Å². The van der Waals surface area contributed by atoms with Gasteiger partial charge in [-0.2, -0.15) is 5.10 Å². The second-order valence-corrected chi connectivity index (χ2v) is 6.51. The number of likely N-dealkylation sites (tertiary alicyclic amines) is 1. The van der Waals surface area contributed by atoms with Gasteiger partial charge in [-0.15, -0.1) is 11.6 Å². The van der Waals surface area contributed by atoms with Crippen molar-refractivity contribution in [1.82, 2.24) is 24.2 Å². The minimum absolute atomic E-state index is 0.0827. The molecule has 1 unspecified atom stereocenters. The minimum atomic E-state index is -0.0827. The molecule has 3 rings (SSSR count). The third-order valence-corrected chi connectivity index (χ3v) is 4.52. The van der Waals surface area contributed by atoms with Crippen LogP contribution in [0.15, 0.2) is 0 Å². The molecule has 1 saturated heterocycles. The molecule has 6 heteroatoms. The Hall–Kier alpha value is -1.07. The van der Waals surface area contributed by atoms with E-state index in [0.29, 0.717) is 0 Å². The van der Waals surface area contributed by atoms with Gasteiger partial charge in [0.25, 0.3) is 0 Å². The van der Waals surface area contributed by atoms with Crippen LogP contribution in [-0.4, -0.2) is 43.9 Å². The van der Waals surface area contributed by atoms with Gasteiger partial charge in [-0.3, -0.25) is 0 Å². The molecule has 0 radical (unpaired) electrons. The molecule has 1 aliphatic rings. The zero-order chi connectivity index (χ0) is 15.0. The smallest absolute Gasteiger partial charge is 0.159 e. The van der Waals surface area contributed by atoms with E-state index in [0.717, 1.165) is 42.3 Å². The van der Waals surface area contributed by atoms with Crippen molar-refractivity contribution < 1.29 is 0 Å². The van der Waals surface area contributed by atoms with Gasteiger partial charge in [-0.05, 0) is 46.7 Å². The molecular formula is C15H24ClN5. The lowest BCUT2D eigenvalue weighted by molar-refractivity contribution is 0.321. The summed E-state index contributed by atoms with van der Waals surface area (Å²) in [4.78, 5) is 7.28. The fourth-order valence-corrected chi connectivity index (χ4v) is 3.40. The van der Waals surface area contributed by atoms with Gasteiger partial charge in [0.15, 0.2) is 5.65 Å². The van der Waals surface area contributed by atoms with E-state index >= 15 is 0 Å². The zero-order valence-corrected chi connectivity index (χ0v) is 13.9. The van der Waals surface area contributed by atoms with Crippen LogP contribution in [0.1, 0.15) is 43.6 Å². The quantitative estimate of drug-likeness (QED) is 0.797. The number of aromatic nitrogens is 4. The lowest BCUT2D eigenvalue weighted by atomic mass is 10.4. The number of hydrogen-bond acceptors (Lipinski definition) is 3. The number of fused-ring (bicyclic) bond motifs is 1. The molecular weight excluding hydrogens is 286 g/mol. The van der Waals surface area contributed by atoms with E-state index in [-0.39, 0.29) is 5.38 Å². The molecule has 21 heavy (non-hydrogen) atoms. The summed E-state index contributed by atoms with van der Waals surface area (Å²) in [6, 6.07) is 0. The molecule has 0 N–H and O–H groups in total. The second-order valence-electron chi connectivity index (χ2n) is 5.86. The van der Waals surface area contributed by atoms with Crippen molar-refractivity contribution in [3.05, 3.63) is 11.5 Å². The first kappa shape index (κ1) is 14.9. The average Bonchev–Trinajstić information content (AvgIpc) is 3.13. The van der Waals surface area contributed by atoms with Gasteiger partial charge >= 0.3 is 0 Å². The lowest BCUT2D eigenvalue weighted by Gasteiger charge is -2.17. The highest BCUT2D eigenvalue weighted by Gasteiger charge is 2.21. The van der Waals surface area contributed by atoms with E-state index in [1.54, 1.807) is 0 Å². The van der Waals surface area contributed by atoms with E-state index in [2.05, 4.69) is 21.5 Å². The summed E-state index contributed by atoms with van der Waals surface area (Å²) in [6.07, 6.45) is 2.65. The first-order valence-corrected chi connectivity index (χ1v) is 8.35. The Morgan fingerprint density at radius 1 is 1.24 bits per heavy atom. The van der Waals surface area contributed by atoms with Crippen LogP contribution in [0.3, 0.4) is 0 Å². The van der Waals surface area contributed by atoms with Gasteiger partial charge in [0.1, 0.15) is 11.3 Å². The zero-order valence-electron chi connectivity index (χ0n) is 13.1. The molecule has 0 spiro atoms. The Morgan fingerprint density at radius 2 is 1.95 bits per heavy atom. The topological polar surface area (TPSA) is 38.9 Å². The molecule has 5 nitrogen and oxygen atoms in total. The van der Waals surface area contributed by atoms with Gasteiger partial charge in [0.2, 0.25) is 0 Å². The number of hydrogen-bond donors (Lipinski definition) is 0. The summed E-state index contributed by atoms with van der Waals surface area (Å²) in [7, 11) is 0. The number of nitrogens with zero attached hydrogens (tertiary/aromatic N) is 5. The predicted molar refractivity (Wildman–Crippen MR) is 85.9 cm³/mol. The van der Waals surface area contributed by atoms with Crippen molar-refractivity contribution in [2.45, 2.75) is 52.1 Å². The maximum atomic E-state index is 6.35. The highest BCUT2D eigenvalue weighted by Crippen LogP contribution is 2.26. The largest absolute Gasteiger partial charge is 0.310 e. The number of halogens is 1. The summed E-state index contributed by atoms with van der Waals surface area (Å²) in [5.74, 6) is 0.966. The summed E-state index contributed by atoms with van der Waals surface area (Å²) in [6.45, 7) is 11.4. The van der Waals surface area contributed by atoms with Crippen LogP contribution in [0.4, 0.5) is 0 Å². The van der Waals surface area contributed by atoms with Gasteiger partial charge in [0, 0.05) is 19.6 Å². The van der Waals surface area contributed by atoms with Crippen LogP contribution in [0.25, 0.3) is 11.2 Å². The third kappa shape index (κ3) is 2.69. The predicted octanol–water partition coefficient (Wildman–Crippen LogP) is 2.96. The van der Waals surface area contributed by atoms with E-state index in [4.69, 9.17) is 16.6 Å². The highest BCUT2D eigenvalue weighted by atomic mass is 35.5. The van der Waals surface area contributed by atoms with Crippen LogP contribution in [0.2, 0.25) is 0 Å². The van der Waals surface area contributed by atoms with Crippen molar-refractivity contribution in [1.29, 1.82) is 0 Å². The van der Waals surface area contributed by atoms with Gasteiger partial charge < -0.3 is 9.47 Å². The Labute approximate surface area is 130 Å². The molecule has 0 amide bonds. The van der Waals surface area contributed by atoms with Crippen LogP contribution < -0.4 is 0 Å². The highest BCUT2D eigenvalue weighted by molar-refractivity contribution is 6.20. The van der Waals surface area contributed by atoms with Crippen molar-refractivity contribution >= 4 is 22.8 Å². The summed E-state index contributed by atoms with van der Waals surface area (Å²) >= 11 is 6.35. The standard InChI is InChI=1S/C15H24ClN5/c1-4-21-15-13(12(3)18-21)17-14(11(2)16)20(15)10-9-19-7-5-6-8-19/h11H,4-10H2,1-3H3. The summed E-state index contributed by atoms with van der Waals surface area (Å²) in [5, 5.41) is 4.50. The normalized spacial score (nSPS) is 17.9. The molecule has 1 fully saturated rings. The average molecular weight is 310 g/mol. The maximum Gasteiger partial charge on any atom is 0.159 e. The SMILES string of the molecule is CCn1nc(C)c2nc(C(C)Cl)n(CCN3CCCC3)c21. The first-order valence-electron chi connectivity index (χ1n) is 7.91. The van der Waals surface area contributed by atoms with E-state index in [9.17, 15) is 0 Å². The number of imidazole rings is 1. The van der Waals surface area contributed by atoms with Gasteiger partial charge in [-0.25, -0.2) is 9.67 Å². The fraction of sp³-hybridized carbons (Fsp3) is 0.733. The second kappa shape index (κ2) is 5.97. The van der Waals surface area contributed by atoms with Crippen LogP contribution in [-0.2, 0) is 13.1 Å². The van der Waals surface area contributed by atoms with E-state index in [1.165, 1.54) is 25.9 Å². The number of rotatable bonds is 5. The van der Waals surface area contributed by atoms with Crippen molar-refractivity contribution in [2.75, 3.05) is 19.6 Å². The Morgan fingerprint density at radius 3 is 2.57 bits per heavy atom. The van der Waals surface area contributed by atoms with Crippen LogP contribution >= 0.6 is 11.6 Å². The summed E-state index contributed by atoms with van der Waals surface area (Å²) in [5.41, 5.74) is 3.11. The Kier molecular flexibility index (Phi) is 4.22. The summed E-state index contributed by atoms with van der Waals surface area (Å²) < 4.78 is 4.32. The molecule has 1 aliphatic heterocycles. The molecule has 1 atom stereocenters. The van der Waals surface area contributed by atoms with Gasteiger partial charge in [-0.1, -0.05) is 0 Å². The molecule has 0 aliphatic carbocycles. The van der Waals surface area contributed by atoms with Crippen molar-refractivity contribution in [3.8, 4) is 0 Å². The Balaban J connectivity index is 1.97. The van der Waals surface area contributed by atoms with Crippen LogP contribution in [0, 0.1) is 6.92 Å². The molecule has 2 aromatic rings. The van der Waals surface area contributed by atoms with Crippen molar-refractivity contribution in [2.24, 2.45) is 0 Å². The fourth-order valence-electron chi connectivity index (χ4n) is 3.23. The van der Waals surface area contributed by atoms with E-state index in [1.807, 2.05) is 18.5 Å². The first-order chi connectivity index (χ1) is 10.1. The molecule has 0 aromatic carbocycles. The maximum absolute atomic E-state index is 6.35. The number of alkyl halides is 1. The third-order valence-electron chi connectivity index (χ3n) is 4.32. The molecule has 3 heterocycles. The molecule has 0 bridgehead atoms. The lowest BCUT2D eigenvalue weighted by Crippen LogP contribution is -2.25. The van der Waals surface area contributed by atoms with Crippen LogP contribution in [0.5, 0.6) is 0 Å². The monoisotopic (exact) mass is 309 g/mol. The molecule has 2 aromatic heterocycles. The van der Waals surface area contributed by atoms with Crippen molar-refractivity contribution in [3.63, 3.8) is 0 Å². The van der Waals surface area contributed by atoms with Gasteiger partial charge in [0.05, 0.1) is 11.1 Å². The molecule has 116 valence electrons. The Bertz CT molecular complexity index is 622. The molecule has 0 saturated carbocycles.